The standard InChI is InChI=1S/C32H46N2O2/c1-3-5-6-7-8-9-10-11-12-13-14-15-16-19-25-34-26-24-28(30-20-17-18-21-31(30)34)22-23-29(27-33)32(35)36-4-2/h17-18,20-24,26H,3-16,19,25H2,1-2H3/b28-22+,29-23+. The molecule has 0 saturated heterocycles. The Balaban J connectivity index is 1.70. The summed E-state index contributed by atoms with van der Waals surface area (Å²) in [6.07, 6.45) is 26.7. The molecule has 0 aliphatic carbocycles. The Morgan fingerprint density at radius 3 is 2.06 bits per heavy atom. The van der Waals surface area contributed by atoms with Gasteiger partial charge in [-0.05, 0) is 37.1 Å². The van der Waals surface area contributed by atoms with Crippen molar-refractivity contribution in [3.8, 4) is 6.07 Å². The van der Waals surface area contributed by atoms with Crippen LogP contribution in [0, 0.1) is 11.3 Å². The number of hydrogen-bond donors (Lipinski definition) is 0. The maximum atomic E-state index is 11.9. The van der Waals surface area contributed by atoms with Crippen molar-refractivity contribution in [1.29, 1.82) is 5.26 Å². The highest BCUT2D eigenvalue weighted by Crippen LogP contribution is 2.33. The van der Waals surface area contributed by atoms with Crippen molar-refractivity contribution >= 4 is 17.2 Å². The summed E-state index contributed by atoms with van der Waals surface area (Å²) in [6, 6.07) is 10.2. The molecule has 0 N–H and O–H groups in total. The molecule has 4 heteroatoms. The Morgan fingerprint density at radius 2 is 1.47 bits per heavy atom. The summed E-state index contributed by atoms with van der Waals surface area (Å²) < 4.78 is 4.95. The average Bonchev–Trinajstić information content (AvgIpc) is 2.90. The molecule has 0 fully saturated rings. The van der Waals surface area contributed by atoms with Gasteiger partial charge in [-0.15, -0.1) is 0 Å². The van der Waals surface area contributed by atoms with E-state index in [9.17, 15) is 10.1 Å². The van der Waals surface area contributed by atoms with Gasteiger partial charge < -0.3 is 9.64 Å². The molecule has 0 spiro atoms. The van der Waals surface area contributed by atoms with E-state index in [1.165, 1.54) is 95.6 Å². The number of anilines is 1. The van der Waals surface area contributed by atoms with Crippen LogP contribution in [0.3, 0.4) is 0 Å². The van der Waals surface area contributed by atoms with Crippen molar-refractivity contribution in [2.24, 2.45) is 0 Å². The summed E-state index contributed by atoms with van der Waals surface area (Å²) in [5.41, 5.74) is 3.28. The Morgan fingerprint density at radius 1 is 0.889 bits per heavy atom. The molecular weight excluding hydrogens is 444 g/mol. The number of carbonyl (C=O) groups is 1. The fourth-order valence-electron chi connectivity index (χ4n) is 4.66. The van der Waals surface area contributed by atoms with E-state index in [0.717, 1.165) is 17.7 Å². The molecule has 4 nitrogen and oxygen atoms in total. The van der Waals surface area contributed by atoms with Gasteiger partial charge >= 0.3 is 5.97 Å². The van der Waals surface area contributed by atoms with E-state index in [0.29, 0.717) is 0 Å². The number of fused-ring (bicyclic) bond motifs is 1. The van der Waals surface area contributed by atoms with Crippen LogP contribution in [0.25, 0.3) is 5.57 Å². The minimum Gasteiger partial charge on any atom is -0.462 e. The van der Waals surface area contributed by atoms with Gasteiger partial charge in [0.1, 0.15) is 11.6 Å². The van der Waals surface area contributed by atoms with Gasteiger partial charge in [0.25, 0.3) is 0 Å². The first-order valence-corrected chi connectivity index (χ1v) is 14.2. The number of rotatable bonds is 18. The topological polar surface area (TPSA) is 53.3 Å². The van der Waals surface area contributed by atoms with Crippen molar-refractivity contribution < 1.29 is 9.53 Å². The molecule has 196 valence electrons. The van der Waals surface area contributed by atoms with E-state index in [1.807, 2.05) is 18.2 Å². The summed E-state index contributed by atoms with van der Waals surface area (Å²) in [7, 11) is 0. The third-order valence-electron chi connectivity index (χ3n) is 6.76. The molecule has 1 aromatic rings. The Kier molecular flexibility index (Phi) is 15.1. The number of nitrogens with zero attached hydrogens (tertiary/aromatic N) is 2. The van der Waals surface area contributed by atoms with Crippen LogP contribution in [0.2, 0.25) is 0 Å². The molecule has 1 aromatic carbocycles. The lowest BCUT2D eigenvalue weighted by Gasteiger charge is -2.27. The molecule has 0 atom stereocenters. The summed E-state index contributed by atoms with van der Waals surface area (Å²) in [6.45, 7) is 5.27. The van der Waals surface area contributed by atoms with E-state index in [2.05, 4.69) is 42.3 Å². The van der Waals surface area contributed by atoms with Crippen LogP contribution in [0.4, 0.5) is 5.69 Å². The monoisotopic (exact) mass is 490 g/mol. The number of carbonyl (C=O) groups excluding carboxylic acids is 1. The van der Waals surface area contributed by atoms with Gasteiger partial charge in [0.15, 0.2) is 0 Å². The van der Waals surface area contributed by atoms with Crippen LogP contribution >= 0.6 is 0 Å². The van der Waals surface area contributed by atoms with Crippen LogP contribution in [-0.4, -0.2) is 19.1 Å². The van der Waals surface area contributed by atoms with Gasteiger partial charge in [-0.3, -0.25) is 0 Å². The smallest absolute Gasteiger partial charge is 0.348 e. The van der Waals surface area contributed by atoms with Crippen molar-refractivity contribution in [3.05, 3.63) is 59.8 Å². The van der Waals surface area contributed by atoms with E-state index in [1.54, 1.807) is 13.0 Å². The van der Waals surface area contributed by atoms with Crippen molar-refractivity contribution in [2.75, 3.05) is 18.1 Å². The minimum absolute atomic E-state index is 0.0140. The molecule has 1 heterocycles. The zero-order valence-electron chi connectivity index (χ0n) is 22.6. The SMILES string of the molecule is CCCCCCCCCCCCCCCCN1C=C/C(=C\C=C(/C#N)C(=O)OCC)c2ccccc21. The highest BCUT2D eigenvalue weighted by atomic mass is 16.5. The molecular formula is C32H46N2O2. The Labute approximate surface area is 219 Å². The first kappa shape index (κ1) is 29.4. The third kappa shape index (κ3) is 10.9. The van der Waals surface area contributed by atoms with Crippen LogP contribution in [0.1, 0.15) is 109 Å². The van der Waals surface area contributed by atoms with Crippen LogP contribution in [0.5, 0.6) is 0 Å². The van der Waals surface area contributed by atoms with Gasteiger partial charge in [0, 0.05) is 24.0 Å². The maximum Gasteiger partial charge on any atom is 0.348 e. The number of esters is 1. The second-order valence-electron chi connectivity index (χ2n) is 9.66. The number of nitriles is 1. The summed E-state index contributed by atoms with van der Waals surface area (Å²) in [4.78, 5) is 14.2. The highest BCUT2D eigenvalue weighted by Gasteiger charge is 2.15. The van der Waals surface area contributed by atoms with E-state index < -0.39 is 5.97 Å². The number of hydrogen-bond acceptors (Lipinski definition) is 4. The fraction of sp³-hybridized carbons (Fsp3) is 0.562. The van der Waals surface area contributed by atoms with Gasteiger partial charge in [-0.1, -0.05) is 115 Å². The van der Waals surface area contributed by atoms with E-state index >= 15 is 0 Å². The molecule has 0 unspecified atom stereocenters. The van der Waals surface area contributed by atoms with Gasteiger partial charge in [-0.25, -0.2) is 4.79 Å². The molecule has 1 aliphatic rings. The quantitative estimate of drug-likeness (QED) is 0.0892. The fourth-order valence-corrected chi connectivity index (χ4v) is 4.66. The first-order valence-electron chi connectivity index (χ1n) is 14.2. The molecule has 0 amide bonds. The second-order valence-corrected chi connectivity index (χ2v) is 9.66. The zero-order valence-corrected chi connectivity index (χ0v) is 22.6. The average molecular weight is 491 g/mol. The molecule has 36 heavy (non-hydrogen) atoms. The normalized spacial score (nSPS) is 14.1. The number of allylic oxidation sites excluding steroid dienone is 4. The van der Waals surface area contributed by atoms with Crippen LogP contribution in [0.15, 0.2) is 54.3 Å². The second kappa shape index (κ2) is 18.5. The number of para-hydroxylation sites is 1. The third-order valence-corrected chi connectivity index (χ3v) is 6.76. The molecule has 0 radical (unpaired) electrons. The van der Waals surface area contributed by atoms with Gasteiger partial charge in [0.05, 0.1) is 6.61 Å². The van der Waals surface area contributed by atoms with Crippen molar-refractivity contribution in [3.63, 3.8) is 0 Å². The Bertz CT molecular complexity index is 907. The van der Waals surface area contributed by atoms with E-state index in [-0.39, 0.29) is 12.2 Å². The summed E-state index contributed by atoms with van der Waals surface area (Å²) in [5, 5.41) is 9.27. The summed E-state index contributed by atoms with van der Waals surface area (Å²) in [5.74, 6) is -0.579. The summed E-state index contributed by atoms with van der Waals surface area (Å²) >= 11 is 0. The Hall–Kier alpha value is -2.80. The lowest BCUT2D eigenvalue weighted by Crippen LogP contribution is -2.21. The van der Waals surface area contributed by atoms with Gasteiger partial charge in [0.2, 0.25) is 0 Å². The molecule has 1 aliphatic heterocycles. The van der Waals surface area contributed by atoms with Gasteiger partial charge in [-0.2, -0.15) is 5.26 Å². The lowest BCUT2D eigenvalue weighted by molar-refractivity contribution is -0.138. The molecule has 0 bridgehead atoms. The zero-order chi connectivity index (χ0) is 25.8. The van der Waals surface area contributed by atoms with Crippen molar-refractivity contribution in [2.45, 2.75) is 104 Å². The van der Waals surface area contributed by atoms with Crippen molar-refractivity contribution in [1.82, 2.24) is 0 Å². The molecule has 0 saturated carbocycles. The maximum absolute atomic E-state index is 11.9. The minimum atomic E-state index is -0.579. The van der Waals surface area contributed by atoms with Crippen LogP contribution < -0.4 is 4.90 Å². The van der Waals surface area contributed by atoms with Crippen LogP contribution in [-0.2, 0) is 9.53 Å². The lowest BCUT2D eigenvalue weighted by atomic mass is 9.98. The van der Waals surface area contributed by atoms with E-state index in [4.69, 9.17) is 4.74 Å². The first-order chi connectivity index (χ1) is 17.7. The molecule has 2 rings (SSSR count). The molecule has 0 aromatic heterocycles. The number of unbranched alkanes of at least 4 members (excludes halogenated alkanes) is 13. The number of ether oxygens (including phenoxy) is 1. The number of benzene rings is 1. The predicted octanol–water partition coefficient (Wildman–Crippen LogP) is 8.90. The largest absolute Gasteiger partial charge is 0.462 e. The highest BCUT2D eigenvalue weighted by molar-refractivity contribution is 5.94. The predicted molar refractivity (Wildman–Crippen MR) is 152 cm³/mol.